The SMILES string of the molecule is COC(=O)c1cccc(N(C(=O)[C@@H](C)n2nnc3ccccc32)[C@H](C(=O)NC2CCCCC2)c2ccc(OC)cc2)c1. The molecular weight excluding hydrogens is 534 g/mol. The van der Waals surface area contributed by atoms with Crippen LogP contribution in [0.4, 0.5) is 5.69 Å². The van der Waals surface area contributed by atoms with E-state index < -0.39 is 24.0 Å². The van der Waals surface area contributed by atoms with Crippen molar-refractivity contribution in [2.75, 3.05) is 19.1 Å². The lowest BCUT2D eigenvalue weighted by Gasteiger charge is -2.35. The van der Waals surface area contributed by atoms with Gasteiger partial charge in [0, 0.05) is 11.7 Å². The number of methoxy groups -OCH3 is 2. The Hall–Kier alpha value is -4.73. The zero-order chi connectivity index (χ0) is 29.6. The Morgan fingerprint density at radius 2 is 1.69 bits per heavy atom. The molecule has 1 N–H and O–H groups in total. The number of amides is 2. The largest absolute Gasteiger partial charge is 0.497 e. The summed E-state index contributed by atoms with van der Waals surface area (Å²) in [6, 6.07) is 19.2. The number of nitrogens with one attached hydrogen (secondary N) is 1. The van der Waals surface area contributed by atoms with Crippen molar-refractivity contribution in [3.05, 3.63) is 83.9 Å². The molecule has 0 saturated heterocycles. The monoisotopic (exact) mass is 569 g/mol. The number of hydrogen-bond acceptors (Lipinski definition) is 7. The third-order valence-electron chi connectivity index (χ3n) is 7.77. The summed E-state index contributed by atoms with van der Waals surface area (Å²) in [6.07, 6.45) is 4.99. The van der Waals surface area contributed by atoms with Crippen molar-refractivity contribution < 1.29 is 23.9 Å². The molecule has 10 heteroatoms. The summed E-state index contributed by atoms with van der Waals surface area (Å²) in [5.41, 5.74) is 2.57. The lowest BCUT2D eigenvalue weighted by atomic mass is 9.94. The lowest BCUT2D eigenvalue weighted by molar-refractivity contribution is -0.128. The van der Waals surface area contributed by atoms with Crippen molar-refractivity contribution in [2.45, 2.75) is 57.2 Å². The minimum atomic E-state index is -1.05. The number of para-hydroxylation sites is 1. The molecule has 1 aliphatic carbocycles. The number of anilines is 1. The summed E-state index contributed by atoms with van der Waals surface area (Å²) in [5.74, 6) is -0.628. The molecule has 0 bridgehead atoms. The summed E-state index contributed by atoms with van der Waals surface area (Å²) in [6.45, 7) is 1.73. The van der Waals surface area contributed by atoms with Crippen LogP contribution in [0.3, 0.4) is 0 Å². The van der Waals surface area contributed by atoms with E-state index in [4.69, 9.17) is 9.47 Å². The number of esters is 1. The van der Waals surface area contributed by atoms with Crippen molar-refractivity contribution in [3.8, 4) is 5.75 Å². The van der Waals surface area contributed by atoms with Gasteiger partial charge in [0.1, 0.15) is 23.3 Å². The Labute approximate surface area is 244 Å². The van der Waals surface area contributed by atoms with E-state index in [0.29, 0.717) is 28.0 Å². The average Bonchev–Trinajstić information content (AvgIpc) is 3.47. The molecule has 2 atom stereocenters. The standard InChI is InChI=1S/C32H35N5O5/c1-21(37-28-15-8-7-14-27(28)34-35-37)31(39)36(25-13-9-10-23(20-25)32(40)42-3)29(22-16-18-26(41-2)19-17-22)30(38)33-24-11-5-4-6-12-24/h7-10,13-21,24,29H,4-6,11-12H2,1-3H3,(H,33,38)/t21-,29+/m1/s1. The predicted molar refractivity (Wildman–Crippen MR) is 158 cm³/mol. The molecule has 1 fully saturated rings. The van der Waals surface area contributed by atoms with Crippen molar-refractivity contribution in [2.24, 2.45) is 0 Å². The number of carbonyl (C=O) groups is 3. The van der Waals surface area contributed by atoms with Gasteiger partial charge in [0.2, 0.25) is 5.91 Å². The van der Waals surface area contributed by atoms with E-state index in [1.165, 1.54) is 12.0 Å². The van der Waals surface area contributed by atoms with Crippen LogP contribution in [0.5, 0.6) is 5.75 Å². The van der Waals surface area contributed by atoms with Crippen LogP contribution in [0.25, 0.3) is 11.0 Å². The van der Waals surface area contributed by atoms with Gasteiger partial charge in [-0.05, 0) is 67.8 Å². The van der Waals surface area contributed by atoms with Gasteiger partial charge in [0.15, 0.2) is 0 Å². The fourth-order valence-electron chi connectivity index (χ4n) is 5.51. The predicted octanol–water partition coefficient (Wildman–Crippen LogP) is 5.01. The van der Waals surface area contributed by atoms with Crippen LogP contribution in [0.1, 0.15) is 67.0 Å². The number of aromatic nitrogens is 3. The van der Waals surface area contributed by atoms with Gasteiger partial charge in [-0.1, -0.05) is 54.8 Å². The van der Waals surface area contributed by atoms with Gasteiger partial charge in [0.05, 0.1) is 25.3 Å². The van der Waals surface area contributed by atoms with Crippen LogP contribution < -0.4 is 15.0 Å². The zero-order valence-electron chi connectivity index (χ0n) is 24.0. The Balaban J connectivity index is 1.63. The second-order valence-corrected chi connectivity index (χ2v) is 10.5. The van der Waals surface area contributed by atoms with E-state index >= 15 is 0 Å². The highest BCUT2D eigenvalue weighted by Gasteiger charge is 2.37. The number of rotatable bonds is 9. The number of fused-ring (bicyclic) bond motifs is 1. The first-order valence-electron chi connectivity index (χ1n) is 14.2. The van der Waals surface area contributed by atoms with E-state index in [0.717, 1.165) is 32.1 Å². The molecule has 10 nitrogen and oxygen atoms in total. The highest BCUT2D eigenvalue weighted by molar-refractivity contribution is 6.04. The smallest absolute Gasteiger partial charge is 0.337 e. The Morgan fingerprint density at radius 1 is 0.952 bits per heavy atom. The Morgan fingerprint density at radius 3 is 2.40 bits per heavy atom. The molecule has 0 radical (unpaired) electrons. The zero-order valence-corrected chi connectivity index (χ0v) is 24.0. The summed E-state index contributed by atoms with van der Waals surface area (Å²) in [4.78, 5) is 42.7. The molecule has 1 aromatic heterocycles. The molecule has 2 amide bonds. The van der Waals surface area contributed by atoms with E-state index in [1.54, 1.807) is 67.2 Å². The molecule has 0 unspecified atom stereocenters. The molecule has 1 saturated carbocycles. The van der Waals surface area contributed by atoms with Crippen LogP contribution in [0, 0.1) is 0 Å². The molecule has 1 aliphatic rings. The van der Waals surface area contributed by atoms with Gasteiger partial charge in [-0.15, -0.1) is 5.10 Å². The van der Waals surface area contributed by atoms with E-state index in [2.05, 4.69) is 15.6 Å². The van der Waals surface area contributed by atoms with Crippen LogP contribution in [-0.2, 0) is 14.3 Å². The summed E-state index contributed by atoms with van der Waals surface area (Å²) < 4.78 is 11.9. The summed E-state index contributed by atoms with van der Waals surface area (Å²) >= 11 is 0. The first-order chi connectivity index (χ1) is 20.4. The first kappa shape index (κ1) is 28.8. The summed E-state index contributed by atoms with van der Waals surface area (Å²) in [5, 5.41) is 11.7. The van der Waals surface area contributed by atoms with Crippen molar-refractivity contribution in [3.63, 3.8) is 0 Å². The fraction of sp³-hybridized carbons (Fsp3) is 0.344. The molecule has 42 heavy (non-hydrogen) atoms. The third-order valence-corrected chi connectivity index (χ3v) is 7.77. The number of hydrogen-bond donors (Lipinski definition) is 1. The second kappa shape index (κ2) is 12.8. The molecule has 0 spiro atoms. The maximum atomic E-state index is 14.6. The number of benzene rings is 3. The minimum absolute atomic E-state index is 0.0158. The van der Waals surface area contributed by atoms with Crippen LogP contribution in [0.15, 0.2) is 72.8 Å². The number of nitrogens with zero attached hydrogens (tertiary/aromatic N) is 4. The third kappa shape index (κ3) is 5.97. The summed E-state index contributed by atoms with van der Waals surface area (Å²) in [7, 11) is 2.87. The Kier molecular flexibility index (Phi) is 8.80. The van der Waals surface area contributed by atoms with Crippen molar-refractivity contribution >= 4 is 34.5 Å². The van der Waals surface area contributed by atoms with Crippen molar-refractivity contribution in [1.29, 1.82) is 0 Å². The molecule has 3 aromatic carbocycles. The van der Waals surface area contributed by atoms with Gasteiger partial charge in [-0.25, -0.2) is 9.48 Å². The van der Waals surface area contributed by atoms with Crippen LogP contribution in [-0.4, -0.2) is 53.0 Å². The average molecular weight is 570 g/mol. The number of carbonyl (C=O) groups excluding carboxylic acids is 3. The fourth-order valence-corrected chi connectivity index (χ4v) is 5.51. The van der Waals surface area contributed by atoms with E-state index in [-0.39, 0.29) is 17.5 Å². The maximum absolute atomic E-state index is 14.6. The number of ether oxygens (including phenoxy) is 2. The highest BCUT2D eigenvalue weighted by Crippen LogP contribution is 2.33. The first-order valence-corrected chi connectivity index (χ1v) is 14.2. The van der Waals surface area contributed by atoms with Crippen LogP contribution in [0.2, 0.25) is 0 Å². The normalized spacial score (nSPS) is 15.0. The van der Waals surface area contributed by atoms with Crippen LogP contribution >= 0.6 is 0 Å². The van der Waals surface area contributed by atoms with E-state index in [9.17, 15) is 14.4 Å². The quantitative estimate of drug-likeness (QED) is 0.282. The molecule has 1 heterocycles. The van der Waals surface area contributed by atoms with Gasteiger partial charge >= 0.3 is 5.97 Å². The molecular formula is C32H35N5O5. The van der Waals surface area contributed by atoms with Gasteiger partial charge in [-0.3, -0.25) is 14.5 Å². The van der Waals surface area contributed by atoms with E-state index in [1.807, 2.05) is 24.3 Å². The Bertz CT molecular complexity index is 1560. The molecule has 0 aliphatic heterocycles. The minimum Gasteiger partial charge on any atom is -0.497 e. The van der Waals surface area contributed by atoms with Crippen molar-refractivity contribution in [1.82, 2.24) is 20.3 Å². The second-order valence-electron chi connectivity index (χ2n) is 10.5. The highest BCUT2D eigenvalue weighted by atomic mass is 16.5. The van der Waals surface area contributed by atoms with Gasteiger partial charge < -0.3 is 14.8 Å². The van der Waals surface area contributed by atoms with Gasteiger partial charge in [-0.2, -0.15) is 0 Å². The molecule has 4 aromatic rings. The molecule has 218 valence electrons. The molecule has 5 rings (SSSR count). The topological polar surface area (TPSA) is 116 Å². The van der Waals surface area contributed by atoms with Gasteiger partial charge in [0.25, 0.3) is 5.91 Å². The lowest BCUT2D eigenvalue weighted by Crippen LogP contribution is -2.49. The maximum Gasteiger partial charge on any atom is 0.337 e.